The molecule has 0 aromatic heterocycles. The Morgan fingerprint density at radius 3 is 2.73 bits per heavy atom. The molecule has 0 fully saturated rings. The van der Waals surface area contributed by atoms with Crippen molar-refractivity contribution in [2.75, 3.05) is 12.0 Å². The summed E-state index contributed by atoms with van der Waals surface area (Å²) in [5.74, 6) is 0.639. The van der Waals surface area contributed by atoms with E-state index in [4.69, 9.17) is 4.74 Å². The second-order valence-corrected chi connectivity index (χ2v) is 8.18. The highest BCUT2D eigenvalue weighted by Gasteiger charge is 2.30. The number of amides is 1. The van der Waals surface area contributed by atoms with Crippen molar-refractivity contribution in [1.29, 1.82) is 0 Å². The van der Waals surface area contributed by atoms with Crippen LogP contribution in [-0.2, 0) is 27.8 Å². The number of nitrogens with zero attached hydrogens (tertiary/aromatic N) is 1. The van der Waals surface area contributed by atoms with Crippen LogP contribution in [0.25, 0.3) is 0 Å². The Kier molecular flexibility index (Phi) is 5.02. The van der Waals surface area contributed by atoms with Crippen LogP contribution in [0.5, 0.6) is 5.75 Å². The zero-order chi connectivity index (χ0) is 18.9. The van der Waals surface area contributed by atoms with E-state index in [1.54, 1.807) is 42.3 Å². The molecule has 1 N–H and O–H groups in total. The SMILES string of the molecule is COc1cccc(CNS(=O)(=O)c2ccc3c(c2)C[C@H](C)N3C(C)=O)c1. The second-order valence-electron chi connectivity index (χ2n) is 6.41. The van der Waals surface area contributed by atoms with Crippen LogP contribution in [0.1, 0.15) is 25.0 Å². The monoisotopic (exact) mass is 374 g/mol. The predicted octanol–water partition coefficient (Wildman–Crippen LogP) is 2.47. The molecule has 0 bridgehead atoms. The Hall–Kier alpha value is -2.38. The molecule has 1 atom stereocenters. The standard InChI is InChI=1S/C19H22N2O4S/c1-13-9-16-11-18(7-8-19(16)21(13)14(2)22)26(23,24)20-12-15-5-4-6-17(10-15)25-3/h4-8,10-11,13,20H,9,12H2,1-3H3/t13-/m0/s1. The number of benzene rings is 2. The van der Waals surface area contributed by atoms with E-state index in [9.17, 15) is 13.2 Å². The van der Waals surface area contributed by atoms with Gasteiger partial charge in [0.15, 0.2) is 0 Å². The summed E-state index contributed by atoms with van der Waals surface area (Å²) in [6.07, 6.45) is 0.647. The number of ether oxygens (including phenoxy) is 1. The first-order valence-corrected chi connectivity index (χ1v) is 9.85. The third-order valence-electron chi connectivity index (χ3n) is 4.52. The predicted molar refractivity (Wildman–Crippen MR) is 99.8 cm³/mol. The van der Waals surface area contributed by atoms with Crippen LogP contribution < -0.4 is 14.4 Å². The van der Waals surface area contributed by atoms with Gasteiger partial charge in [0.05, 0.1) is 12.0 Å². The van der Waals surface area contributed by atoms with Crippen molar-refractivity contribution in [3.63, 3.8) is 0 Å². The number of hydrogen-bond acceptors (Lipinski definition) is 4. The highest BCUT2D eigenvalue weighted by atomic mass is 32.2. The smallest absolute Gasteiger partial charge is 0.240 e. The van der Waals surface area contributed by atoms with Crippen molar-refractivity contribution in [2.24, 2.45) is 0 Å². The number of carbonyl (C=O) groups is 1. The second kappa shape index (κ2) is 7.09. The Morgan fingerprint density at radius 1 is 1.27 bits per heavy atom. The summed E-state index contributed by atoms with van der Waals surface area (Å²) in [7, 11) is -2.08. The minimum Gasteiger partial charge on any atom is -0.497 e. The van der Waals surface area contributed by atoms with E-state index < -0.39 is 10.0 Å². The highest BCUT2D eigenvalue weighted by Crippen LogP contribution is 2.33. The minimum atomic E-state index is -3.65. The zero-order valence-corrected chi connectivity index (χ0v) is 15.8. The van der Waals surface area contributed by atoms with E-state index in [1.807, 2.05) is 19.1 Å². The Balaban J connectivity index is 1.80. The molecule has 7 heteroatoms. The molecule has 1 amide bonds. The molecule has 26 heavy (non-hydrogen) atoms. The normalized spacial score (nSPS) is 16.4. The molecule has 0 aliphatic carbocycles. The summed E-state index contributed by atoms with van der Waals surface area (Å²) in [6, 6.07) is 12.2. The van der Waals surface area contributed by atoms with Crippen LogP contribution >= 0.6 is 0 Å². The number of carbonyl (C=O) groups excluding carboxylic acids is 1. The lowest BCUT2D eigenvalue weighted by molar-refractivity contribution is -0.116. The lowest BCUT2D eigenvalue weighted by atomic mass is 10.1. The molecule has 1 heterocycles. The molecule has 0 saturated heterocycles. The van der Waals surface area contributed by atoms with Gasteiger partial charge < -0.3 is 9.64 Å². The van der Waals surface area contributed by atoms with Gasteiger partial charge in [-0.2, -0.15) is 0 Å². The van der Waals surface area contributed by atoms with Crippen molar-refractivity contribution in [3.05, 3.63) is 53.6 Å². The Bertz CT molecular complexity index is 940. The molecule has 0 unspecified atom stereocenters. The molecule has 1 aliphatic rings. The molecule has 1 aliphatic heterocycles. The van der Waals surface area contributed by atoms with Gasteiger partial charge in [0.2, 0.25) is 15.9 Å². The fraction of sp³-hybridized carbons (Fsp3) is 0.316. The van der Waals surface area contributed by atoms with E-state index in [0.717, 1.165) is 16.8 Å². The van der Waals surface area contributed by atoms with E-state index in [2.05, 4.69) is 4.72 Å². The van der Waals surface area contributed by atoms with Crippen molar-refractivity contribution >= 4 is 21.6 Å². The third-order valence-corrected chi connectivity index (χ3v) is 5.92. The van der Waals surface area contributed by atoms with Gasteiger partial charge >= 0.3 is 0 Å². The first-order valence-electron chi connectivity index (χ1n) is 8.37. The molecule has 0 radical (unpaired) electrons. The van der Waals surface area contributed by atoms with E-state index >= 15 is 0 Å². The van der Waals surface area contributed by atoms with Gasteiger partial charge in [-0.3, -0.25) is 4.79 Å². The van der Waals surface area contributed by atoms with Crippen LogP contribution in [0.4, 0.5) is 5.69 Å². The van der Waals surface area contributed by atoms with Crippen molar-refractivity contribution < 1.29 is 17.9 Å². The number of hydrogen-bond donors (Lipinski definition) is 1. The van der Waals surface area contributed by atoms with Gasteiger partial charge in [-0.25, -0.2) is 13.1 Å². The van der Waals surface area contributed by atoms with Crippen LogP contribution in [0, 0.1) is 0 Å². The molecule has 138 valence electrons. The Labute approximate surface area is 153 Å². The minimum absolute atomic E-state index is 0.0326. The fourth-order valence-electron chi connectivity index (χ4n) is 3.30. The van der Waals surface area contributed by atoms with E-state index in [1.165, 1.54) is 6.92 Å². The largest absolute Gasteiger partial charge is 0.497 e. The number of nitrogens with one attached hydrogen (secondary N) is 1. The number of sulfonamides is 1. The first-order chi connectivity index (χ1) is 12.3. The highest BCUT2D eigenvalue weighted by molar-refractivity contribution is 7.89. The summed E-state index contributed by atoms with van der Waals surface area (Å²) in [4.78, 5) is 13.7. The first kappa shape index (κ1) is 18.4. The number of rotatable bonds is 5. The van der Waals surface area contributed by atoms with Crippen LogP contribution in [0.15, 0.2) is 47.4 Å². The molecule has 6 nitrogen and oxygen atoms in total. The topological polar surface area (TPSA) is 75.7 Å². The molecular weight excluding hydrogens is 352 g/mol. The summed E-state index contributed by atoms with van der Waals surface area (Å²) >= 11 is 0. The summed E-state index contributed by atoms with van der Waals surface area (Å²) in [5.41, 5.74) is 2.47. The summed E-state index contributed by atoms with van der Waals surface area (Å²) in [5, 5.41) is 0. The van der Waals surface area contributed by atoms with Gasteiger partial charge in [-0.15, -0.1) is 0 Å². The Morgan fingerprint density at radius 2 is 2.04 bits per heavy atom. The average molecular weight is 374 g/mol. The third kappa shape index (κ3) is 3.59. The van der Waals surface area contributed by atoms with Gasteiger partial charge in [-0.1, -0.05) is 12.1 Å². The van der Waals surface area contributed by atoms with Crippen LogP contribution in [-0.4, -0.2) is 27.5 Å². The van der Waals surface area contributed by atoms with Crippen molar-refractivity contribution in [3.8, 4) is 5.75 Å². The fourth-order valence-corrected chi connectivity index (χ4v) is 4.37. The maximum Gasteiger partial charge on any atom is 0.240 e. The van der Waals surface area contributed by atoms with E-state index in [0.29, 0.717) is 12.2 Å². The molecule has 0 spiro atoms. The average Bonchev–Trinajstić information content (AvgIpc) is 2.95. The lowest BCUT2D eigenvalue weighted by Crippen LogP contribution is -2.33. The van der Waals surface area contributed by atoms with Gasteiger partial charge in [-0.05, 0) is 54.8 Å². The van der Waals surface area contributed by atoms with E-state index in [-0.39, 0.29) is 23.4 Å². The molecule has 0 saturated carbocycles. The van der Waals surface area contributed by atoms with Gasteiger partial charge in [0, 0.05) is 25.2 Å². The summed E-state index contributed by atoms with van der Waals surface area (Å²) < 4.78 is 33.0. The molecular formula is C19H22N2O4S. The maximum atomic E-state index is 12.6. The molecule has 2 aromatic carbocycles. The van der Waals surface area contributed by atoms with Crippen molar-refractivity contribution in [1.82, 2.24) is 4.72 Å². The zero-order valence-electron chi connectivity index (χ0n) is 15.0. The number of anilines is 1. The van der Waals surface area contributed by atoms with Crippen LogP contribution in [0.2, 0.25) is 0 Å². The number of methoxy groups -OCH3 is 1. The summed E-state index contributed by atoms with van der Waals surface area (Å²) in [6.45, 7) is 3.65. The quantitative estimate of drug-likeness (QED) is 0.872. The molecule has 3 rings (SSSR count). The van der Waals surface area contributed by atoms with Crippen LogP contribution in [0.3, 0.4) is 0 Å². The molecule has 2 aromatic rings. The van der Waals surface area contributed by atoms with Crippen molar-refractivity contribution in [2.45, 2.75) is 37.8 Å². The van der Waals surface area contributed by atoms with Gasteiger partial charge in [0.25, 0.3) is 0 Å². The maximum absolute atomic E-state index is 12.6. The van der Waals surface area contributed by atoms with Gasteiger partial charge in [0.1, 0.15) is 5.75 Å². The number of fused-ring (bicyclic) bond motifs is 1. The lowest BCUT2D eigenvalue weighted by Gasteiger charge is -2.20.